The van der Waals surface area contributed by atoms with E-state index in [9.17, 15) is 13.2 Å². The molecule has 0 saturated heterocycles. The van der Waals surface area contributed by atoms with Gasteiger partial charge in [0.15, 0.2) is 0 Å². The van der Waals surface area contributed by atoms with Gasteiger partial charge in [-0.25, -0.2) is 13.1 Å². The van der Waals surface area contributed by atoms with Crippen LogP contribution in [0.4, 0.5) is 0 Å². The Morgan fingerprint density at radius 1 is 1.12 bits per heavy atom. The van der Waals surface area contributed by atoms with E-state index in [1.54, 1.807) is 42.1 Å². The van der Waals surface area contributed by atoms with Crippen LogP contribution in [0.25, 0.3) is 0 Å². The fourth-order valence-corrected chi connectivity index (χ4v) is 4.19. The summed E-state index contributed by atoms with van der Waals surface area (Å²) < 4.78 is 29.1. The molecule has 134 valence electrons. The number of fused-ring (bicyclic) bond motifs is 1. The number of amides is 1. The fraction of sp³-hybridized carbons (Fsp3) is 0.389. The molecule has 0 fully saturated rings. The fourth-order valence-electron chi connectivity index (χ4n) is 3.11. The highest BCUT2D eigenvalue weighted by Gasteiger charge is 2.17. The van der Waals surface area contributed by atoms with Crippen LogP contribution in [-0.2, 0) is 29.9 Å². The first-order chi connectivity index (χ1) is 12.0. The smallest absolute Gasteiger partial charge is 0.267 e. The van der Waals surface area contributed by atoms with Crippen LogP contribution in [0.2, 0.25) is 0 Å². The molecule has 2 aromatic rings. The number of benzene rings is 1. The molecule has 1 amide bonds. The molecule has 1 aromatic carbocycles. The summed E-state index contributed by atoms with van der Waals surface area (Å²) in [6.45, 7) is 0.379. The number of carbonyl (C=O) groups excluding carboxylic acids is 1. The number of nitrogens with zero attached hydrogens (tertiary/aromatic N) is 1. The van der Waals surface area contributed by atoms with Gasteiger partial charge < -0.3 is 9.88 Å². The molecule has 3 rings (SSSR count). The van der Waals surface area contributed by atoms with E-state index in [1.807, 2.05) is 6.07 Å². The van der Waals surface area contributed by atoms with Gasteiger partial charge in [0.05, 0.1) is 4.90 Å². The maximum absolute atomic E-state index is 12.4. The van der Waals surface area contributed by atoms with Gasteiger partial charge in [0.2, 0.25) is 10.0 Å². The Morgan fingerprint density at radius 3 is 2.60 bits per heavy atom. The van der Waals surface area contributed by atoms with Gasteiger partial charge in [0.25, 0.3) is 5.91 Å². The van der Waals surface area contributed by atoms with E-state index in [2.05, 4.69) is 10.0 Å². The minimum absolute atomic E-state index is 0.148. The van der Waals surface area contributed by atoms with Crippen LogP contribution in [0.3, 0.4) is 0 Å². The Morgan fingerprint density at radius 2 is 1.88 bits per heavy atom. The average Bonchev–Trinajstić information content (AvgIpc) is 3.04. The number of aromatic nitrogens is 1. The zero-order valence-electron chi connectivity index (χ0n) is 14.3. The third kappa shape index (κ3) is 4.11. The lowest BCUT2D eigenvalue weighted by atomic mass is 9.92. The molecule has 1 heterocycles. The van der Waals surface area contributed by atoms with Gasteiger partial charge in [-0.3, -0.25) is 4.79 Å². The summed E-state index contributed by atoms with van der Waals surface area (Å²) in [6, 6.07) is 8.86. The number of nitrogens with one attached hydrogen (secondary N) is 2. The van der Waals surface area contributed by atoms with Crippen molar-refractivity contribution in [2.24, 2.45) is 7.05 Å². The SMILES string of the molecule is Cn1cccc1C(=O)NCCNS(=O)(=O)c1ccc2c(c1)CCCC2. The zero-order chi connectivity index (χ0) is 17.9. The number of hydrogen-bond donors (Lipinski definition) is 2. The maximum atomic E-state index is 12.4. The van der Waals surface area contributed by atoms with E-state index in [-0.39, 0.29) is 19.0 Å². The second-order valence-corrected chi connectivity index (χ2v) is 8.06. The molecule has 25 heavy (non-hydrogen) atoms. The normalized spacial score (nSPS) is 14.1. The third-order valence-corrected chi connectivity index (χ3v) is 5.97. The first-order valence-corrected chi connectivity index (χ1v) is 9.97. The number of hydrogen-bond acceptors (Lipinski definition) is 3. The Hall–Kier alpha value is -2.12. The van der Waals surface area contributed by atoms with E-state index in [0.29, 0.717) is 10.6 Å². The van der Waals surface area contributed by atoms with Crippen LogP contribution in [0.5, 0.6) is 0 Å². The van der Waals surface area contributed by atoms with Crippen LogP contribution >= 0.6 is 0 Å². The number of carbonyl (C=O) groups is 1. The van der Waals surface area contributed by atoms with E-state index in [0.717, 1.165) is 31.2 Å². The molecule has 0 bridgehead atoms. The minimum atomic E-state index is -3.56. The largest absolute Gasteiger partial charge is 0.349 e. The molecule has 0 unspecified atom stereocenters. The third-order valence-electron chi connectivity index (χ3n) is 4.51. The molecule has 0 saturated carbocycles. The molecule has 2 N–H and O–H groups in total. The lowest BCUT2D eigenvalue weighted by Gasteiger charge is -2.16. The van der Waals surface area contributed by atoms with Crippen LogP contribution < -0.4 is 10.0 Å². The Balaban J connectivity index is 1.55. The molecule has 1 aliphatic rings. The summed E-state index contributed by atoms with van der Waals surface area (Å²) in [4.78, 5) is 12.3. The minimum Gasteiger partial charge on any atom is -0.349 e. The van der Waals surface area contributed by atoms with Gasteiger partial charge in [0, 0.05) is 26.3 Å². The summed E-state index contributed by atoms with van der Waals surface area (Å²) in [6.07, 6.45) is 6.01. The molecule has 0 aliphatic heterocycles. The number of aryl methyl sites for hydroxylation is 3. The van der Waals surface area contributed by atoms with Crippen molar-refractivity contribution >= 4 is 15.9 Å². The van der Waals surface area contributed by atoms with Crippen molar-refractivity contribution in [3.63, 3.8) is 0 Å². The predicted molar refractivity (Wildman–Crippen MR) is 96.0 cm³/mol. The summed E-state index contributed by atoms with van der Waals surface area (Å²) in [7, 11) is -1.77. The second kappa shape index (κ2) is 7.41. The first-order valence-electron chi connectivity index (χ1n) is 8.48. The van der Waals surface area contributed by atoms with Gasteiger partial charge in [-0.15, -0.1) is 0 Å². The van der Waals surface area contributed by atoms with Gasteiger partial charge in [-0.05, 0) is 61.1 Å². The van der Waals surface area contributed by atoms with Crippen molar-refractivity contribution in [3.8, 4) is 0 Å². The van der Waals surface area contributed by atoms with Crippen LogP contribution in [0, 0.1) is 0 Å². The van der Waals surface area contributed by atoms with Gasteiger partial charge in [0.1, 0.15) is 5.69 Å². The number of sulfonamides is 1. The van der Waals surface area contributed by atoms with Crippen molar-refractivity contribution in [3.05, 3.63) is 53.3 Å². The summed E-state index contributed by atoms with van der Waals surface area (Å²) in [5, 5.41) is 2.71. The summed E-state index contributed by atoms with van der Waals surface area (Å²) >= 11 is 0. The van der Waals surface area contributed by atoms with Gasteiger partial charge in [-0.2, -0.15) is 0 Å². The molecule has 6 nitrogen and oxygen atoms in total. The summed E-state index contributed by atoms with van der Waals surface area (Å²) in [5.41, 5.74) is 2.92. The summed E-state index contributed by atoms with van der Waals surface area (Å²) in [5.74, 6) is -0.222. The standard InChI is InChI=1S/C18H23N3O3S/c1-21-12-4-7-17(21)18(22)19-10-11-20-25(23,24)16-9-8-14-5-2-3-6-15(14)13-16/h4,7-9,12-13,20H,2-3,5-6,10-11H2,1H3,(H,19,22). The maximum Gasteiger partial charge on any atom is 0.267 e. The van der Waals surface area contributed by atoms with Crippen molar-refractivity contribution in [2.75, 3.05) is 13.1 Å². The molecule has 0 radical (unpaired) electrons. The molecule has 7 heteroatoms. The first kappa shape index (κ1) is 17.7. The Kier molecular flexibility index (Phi) is 5.24. The Labute approximate surface area is 148 Å². The monoisotopic (exact) mass is 361 g/mol. The molecule has 0 spiro atoms. The van der Waals surface area contributed by atoms with Crippen molar-refractivity contribution in [2.45, 2.75) is 30.6 Å². The van der Waals surface area contributed by atoms with Crippen molar-refractivity contribution < 1.29 is 13.2 Å². The van der Waals surface area contributed by atoms with Crippen molar-refractivity contribution in [1.82, 2.24) is 14.6 Å². The van der Waals surface area contributed by atoms with E-state index in [1.165, 1.54) is 5.56 Å². The van der Waals surface area contributed by atoms with Gasteiger partial charge in [-0.1, -0.05) is 6.07 Å². The van der Waals surface area contributed by atoms with Crippen LogP contribution in [0.1, 0.15) is 34.5 Å². The van der Waals surface area contributed by atoms with Crippen molar-refractivity contribution in [1.29, 1.82) is 0 Å². The molecular formula is C18H23N3O3S. The van der Waals surface area contributed by atoms with Crippen LogP contribution in [-0.4, -0.2) is 32.0 Å². The zero-order valence-corrected chi connectivity index (χ0v) is 15.1. The molecule has 0 atom stereocenters. The highest BCUT2D eigenvalue weighted by molar-refractivity contribution is 7.89. The topological polar surface area (TPSA) is 80.2 Å². The predicted octanol–water partition coefficient (Wildman–Crippen LogP) is 1.61. The number of rotatable bonds is 6. The average molecular weight is 361 g/mol. The van der Waals surface area contributed by atoms with E-state index >= 15 is 0 Å². The van der Waals surface area contributed by atoms with E-state index < -0.39 is 10.0 Å². The quantitative estimate of drug-likeness (QED) is 0.767. The Bertz CT molecular complexity index is 871. The highest BCUT2D eigenvalue weighted by Crippen LogP contribution is 2.23. The lowest BCUT2D eigenvalue weighted by Crippen LogP contribution is -2.35. The molecule has 1 aliphatic carbocycles. The second-order valence-electron chi connectivity index (χ2n) is 6.30. The molecule has 1 aromatic heterocycles. The van der Waals surface area contributed by atoms with E-state index in [4.69, 9.17) is 0 Å². The van der Waals surface area contributed by atoms with Crippen LogP contribution in [0.15, 0.2) is 41.4 Å². The lowest BCUT2D eigenvalue weighted by molar-refractivity contribution is 0.0946. The van der Waals surface area contributed by atoms with Gasteiger partial charge >= 0.3 is 0 Å². The molecular weight excluding hydrogens is 338 g/mol. The highest BCUT2D eigenvalue weighted by atomic mass is 32.2.